The second-order valence-electron chi connectivity index (χ2n) is 6.76. The van der Waals surface area contributed by atoms with Gasteiger partial charge in [0.1, 0.15) is 5.54 Å². The molecule has 0 aromatic heterocycles. The van der Waals surface area contributed by atoms with Crippen molar-refractivity contribution >= 4 is 29.4 Å². The first-order chi connectivity index (χ1) is 12.7. The zero-order valence-corrected chi connectivity index (χ0v) is 15.4. The summed E-state index contributed by atoms with van der Waals surface area (Å²) in [5, 5.41) is 11.7. The fourth-order valence-corrected chi connectivity index (χ4v) is 2.45. The molecule has 0 saturated carbocycles. The van der Waals surface area contributed by atoms with Gasteiger partial charge >= 0.3 is 5.97 Å². The van der Waals surface area contributed by atoms with Gasteiger partial charge in [-0.3, -0.25) is 19.3 Å². The first kappa shape index (κ1) is 20.1. The average molecular weight is 371 g/mol. The van der Waals surface area contributed by atoms with Gasteiger partial charge in [-0.2, -0.15) is 5.26 Å². The minimum Gasteiger partial charge on any atom is -0.452 e. The molecular formula is C19H21N3O5. The largest absolute Gasteiger partial charge is 0.452 e. The van der Waals surface area contributed by atoms with Gasteiger partial charge < -0.3 is 10.1 Å². The smallest absolute Gasteiger partial charge is 0.338 e. The summed E-state index contributed by atoms with van der Waals surface area (Å²) >= 11 is 0. The molecule has 142 valence electrons. The van der Waals surface area contributed by atoms with E-state index < -0.39 is 24.0 Å². The van der Waals surface area contributed by atoms with Gasteiger partial charge in [0.2, 0.25) is 11.8 Å². The number of nitriles is 1. The van der Waals surface area contributed by atoms with Crippen molar-refractivity contribution in [3.63, 3.8) is 0 Å². The van der Waals surface area contributed by atoms with E-state index in [0.29, 0.717) is 5.69 Å². The number of hydrogen-bond donors (Lipinski definition) is 1. The molecular weight excluding hydrogens is 350 g/mol. The van der Waals surface area contributed by atoms with E-state index in [1.165, 1.54) is 24.3 Å². The Balaban J connectivity index is 1.95. The van der Waals surface area contributed by atoms with Crippen LogP contribution in [-0.2, 0) is 19.1 Å². The number of carbonyl (C=O) groups is 4. The molecule has 1 fully saturated rings. The first-order valence-electron chi connectivity index (χ1n) is 8.53. The van der Waals surface area contributed by atoms with Crippen LogP contribution < -0.4 is 10.2 Å². The highest BCUT2D eigenvalue weighted by Crippen LogP contribution is 2.23. The number of anilines is 1. The molecule has 1 aliphatic heterocycles. The summed E-state index contributed by atoms with van der Waals surface area (Å²) < 4.78 is 4.96. The molecule has 8 heteroatoms. The predicted molar refractivity (Wildman–Crippen MR) is 95.5 cm³/mol. The molecule has 0 bridgehead atoms. The van der Waals surface area contributed by atoms with Crippen LogP contribution in [0, 0.1) is 17.2 Å². The van der Waals surface area contributed by atoms with E-state index in [2.05, 4.69) is 5.32 Å². The van der Waals surface area contributed by atoms with Gasteiger partial charge in [-0.05, 0) is 37.1 Å². The van der Waals surface area contributed by atoms with Gasteiger partial charge in [0.25, 0.3) is 5.91 Å². The van der Waals surface area contributed by atoms with E-state index >= 15 is 0 Å². The molecule has 1 aromatic rings. The van der Waals surface area contributed by atoms with Crippen molar-refractivity contribution in [3.05, 3.63) is 29.8 Å². The minimum atomic E-state index is -1.06. The van der Waals surface area contributed by atoms with Gasteiger partial charge in [0, 0.05) is 12.8 Å². The Hall–Kier alpha value is -3.21. The standard InChI is InChI=1S/C19H21N3O5/c1-12(2)19(3,11-20)21-15(23)10-27-18(26)13-4-6-14(7-5-13)22-16(24)8-9-17(22)25/h4-7,12H,8-10H2,1-3H3,(H,21,23)/t19-/m1/s1. The third kappa shape index (κ3) is 4.50. The summed E-state index contributed by atoms with van der Waals surface area (Å²) in [5.41, 5.74) is -0.490. The lowest BCUT2D eigenvalue weighted by atomic mass is 9.90. The molecule has 1 N–H and O–H groups in total. The van der Waals surface area contributed by atoms with Crippen molar-refractivity contribution in [2.75, 3.05) is 11.5 Å². The van der Waals surface area contributed by atoms with Gasteiger partial charge in [-0.15, -0.1) is 0 Å². The fourth-order valence-electron chi connectivity index (χ4n) is 2.45. The Morgan fingerprint density at radius 1 is 1.22 bits per heavy atom. The van der Waals surface area contributed by atoms with Crippen molar-refractivity contribution in [2.45, 2.75) is 39.2 Å². The zero-order valence-electron chi connectivity index (χ0n) is 15.4. The van der Waals surface area contributed by atoms with Gasteiger partial charge in [-0.25, -0.2) is 4.79 Å². The van der Waals surface area contributed by atoms with Gasteiger partial charge in [0.15, 0.2) is 6.61 Å². The number of benzene rings is 1. The number of rotatable bonds is 6. The normalized spacial score (nSPS) is 16.0. The van der Waals surface area contributed by atoms with Crippen LogP contribution in [0.4, 0.5) is 5.69 Å². The SMILES string of the molecule is CC(C)[C@@](C)(C#N)NC(=O)COC(=O)c1ccc(N2C(=O)CCC2=O)cc1. The Labute approximate surface area is 157 Å². The van der Waals surface area contributed by atoms with E-state index in [-0.39, 0.29) is 36.1 Å². The fraction of sp³-hybridized carbons (Fsp3) is 0.421. The molecule has 1 saturated heterocycles. The lowest BCUT2D eigenvalue weighted by Crippen LogP contribution is -2.50. The maximum atomic E-state index is 12.1. The Morgan fingerprint density at radius 2 is 1.78 bits per heavy atom. The Morgan fingerprint density at radius 3 is 2.26 bits per heavy atom. The highest BCUT2D eigenvalue weighted by Gasteiger charge is 2.31. The van der Waals surface area contributed by atoms with Gasteiger partial charge in [-0.1, -0.05) is 13.8 Å². The molecule has 0 aliphatic carbocycles. The predicted octanol–water partition coefficient (Wildman–Crippen LogP) is 1.55. The molecule has 1 atom stereocenters. The number of imide groups is 1. The minimum absolute atomic E-state index is 0.120. The summed E-state index contributed by atoms with van der Waals surface area (Å²) in [5.74, 6) is -1.98. The van der Waals surface area contributed by atoms with Crippen LogP contribution in [0.5, 0.6) is 0 Å². The lowest BCUT2D eigenvalue weighted by molar-refractivity contribution is -0.126. The number of nitrogens with one attached hydrogen (secondary N) is 1. The van der Waals surface area contributed by atoms with Crippen LogP contribution in [0.1, 0.15) is 44.0 Å². The molecule has 0 spiro atoms. The van der Waals surface area contributed by atoms with Crippen LogP contribution in [0.2, 0.25) is 0 Å². The van der Waals surface area contributed by atoms with E-state index in [9.17, 15) is 24.4 Å². The molecule has 8 nitrogen and oxygen atoms in total. The zero-order chi connectivity index (χ0) is 20.2. The third-order valence-electron chi connectivity index (χ3n) is 4.53. The second kappa shape index (κ2) is 7.99. The molecule has 0 radical (unpaired) electrons. The first-order valence-corrected chi connectivity index (χ1v) is 8.53. The topological polar surface area (TPSA) is 117 Å². The quantitative estimate of drug-likeness (QED) is 0.599. The molecule has 1 aromatic carbocycles. The summed E-state index contributed by atoms with van der Waals surface area (Å²) in [4.78, 5) is 48.5. The Bertz CT molecular complexity index is 794. The Kier molecular flexibility index (Phi) is 5.95. The maximum absolute atomic E-state index is 12.1. The number of carbonyl (C=O) groups excluding carboxylic acids is 4. The van der Waals surface area contributed by atoms with E-state index in [4.69, 9.17) is 4.74 Å². The second-order valence-corrected chi connectivity index (χ2v) is 6.76. The highest BCUT2D eigenvalue weighted by molar-refractivity contribution is 6.19. The summed E-state index contributed by atoms with van der Waals surface area (Å²) in [6, 6.07) is 7.82. The average Bonchev–Trinajstić information content (AvgIpc) is 2.98. The van der Waals surface area contributed by atoms with E-state index in [0.717, 1.165) is 4.90 Å². The third-order valence-corrected chi connectivity index (χ3v) is 4.53. The molecule has 2 rings (SSSR count). The van der Waals surface area contributed by atoms with Crippen molar-refractivity contribution < 1.29 is 23.9 Å². The molecule has 1 aliphatic rings. The van der Waals surface area contributed by atoms with Crippen molar-refractivity contribution in [3.8, 4) is 6.07 Å². The van der Waals surface area contributed by atoms with E-state index in [1.807, 2.05) is 6.07 Å². The summed E-state index contributed by atoms with van der Waals surface area (Å²) in [7, 11) is 0. The molecule has 0 unspecified atom stereocenters. The number of nitrogens with zero attached hydrogens (tertiary/aromatic N) is 2. The van der Waals surface area contributed by atoms with Crippen molar-refractivity contribution in [1.82, 2.24) is 5.32 Å². The maximum Gasteiger partial charge on any atom is 0.338 e. The number of hydrogen-bond acceptors (Lipinski definition) is 6. The summed E-state index contributed by atoms with van der Waals surface area (Å²) in [6.07, 6.45) is 0.353. The lowest BCUT2D eigenvalue weighted by Gasteiger charge is -2.27. The van der Waals surface area contributed by atoms with Gasteiger partial charge in [0.05, 0.1) is 17.3 Å². The number of amides is 3. The van der Waals surface area contributed by atoms with Crippen molar-refractivity contribution in [1.29, 1.82) is 5.26 Å². The van der Waals surface area contributed by atoms with Crippen LogP contribution in [0.15, 0.2) is 24.3 Å². The van der Waals surface area contributed by atoms with Crippen LogP contribution in [0.25, 0.3) is 0 Å². The van der Waals surface area contributed by atoms with E-state index in [1.54, 1.807) is 20.8 Å². The number of esters is 1. The molecule has 3 amide bonds. The monoisotopic (exact) mass is 371 g/mol. The molecule has 1 heterocycles. The van der Waals surface area contributed by atoms with Crippen molar-refractivity contribution in [2.24, 2.45) is 5.92 Å². The van der Waals surface area contributed by atoms with Crippen LogP contribution in [-0.4, -0.2) is 35.8 Å². The van der Waals surface area contributed by atoms with Crippen LogP contribution in [0.3, 0.4) is 0 Å². The van der Waals surface area contributed by atoms with Crippen LogP contribution >= 0.6 is 0 Å². The number of ether oxygens (including phenoxy) is 1. The molecule has 27 heavy (non-hydrogen) atoms. The highest BCUT2D eigenvalue weighted by atomic mass is 16.5. The summed E-state index contributed by atoms with van der Waals surface area (Å²) in [6.45, 7) is 4.67.